The van der Waals surface area contributed by atoms with Crippen LogP contribution in [0.5, 0.6) is 0 Å². The highest BCUT2D eigenvalue weighted by molar-refractivity contribution is 6.13. The van der Waals surface area contributed by atoms with Crippen LogP contribution in [-0.4, -0.2) is 14.5 Å². The van der Waals surface area contributed by atoms with E-state index in [2.05, 4.69) is 71.3 Å². The highest BCUT2D eigenvalue weighted by Crippen LogP contribution is 2.35. The van der Waals surface area contributed by atoms with Crippen LogP contribution in [0.25, 0.3) is 60.7 Å². The van der Waals surface area contributed by atoms with Crippen molar-refractivity contribution in [2.45, 2.75) is 0 Å². The van der Waals surface area contributed by atoms with Crippen LogP contribution in [0.15, 0.2) is 109 Å². The molecule has 7 rings (SSSR count). The number of hydrogen-bond donors (Lipinski definition) is 0. The predicted octanol–water partition coefficient (Wildman–Crippen LogP) is 7.42. The first kappa shape index (κ1) is 19.5. The largest absolute Gasteiger partial charge is 0.278 e. The van der Waals surface area contributed by atoms with Gasteiger partial charge in [-0.1, -0.05) is 72.8 Å². The van der Waals surface area contributed by atoms with Gasteiger partial charge in [0.2, 0.25) is 5.95 Å². The van der Waals surface area contributed by atoms with E-state index in [0.29, 0.717) is 11.5 Å². The zero-order valence-corrected chi connectivity index (χ0v) is 18.7. The lowest BCUT2D eigenvalue weighted by atomic mass is 10.1. The lowest BCUT2D eigenvalue weighted by Crippen LogP contribution is -2.03. The molecule has 0 fully saturated rings. The van der Waals surface area contributed by atoms with Crippen LogP contribution in [0.2, 0.25) is 0 Å². The number of para-hydroxylation sites is 2. The number of aromatic nitrogens is 3. The zero-order chi connectivity index (χ0) is 23.4. The molecule has 0 N–H and O–H groups in total. The molecular formula is C31H18N4. The Kier molecular flexibility index (Phi) is 4.18. The average molecular weight is 447 g/mol. The van der Waals surface area contributed by atoms with E-state index in [1.807, 2.05) is 48.5 Å². The molecular weight excluding hydrogens is 428 g/mol. The fourth-order valence-corrected chi connectivity index (χ4v) is 4.96. The number of fused-ring (bicyclic) bond motifs is 5. The van der Waals surface area contributed by atoms with Crippen molar-refractivity contribution in [3.05, 3.63) is 115 Å². The van der Waals surface area contributed by atoms with Crippen LogP contribution in [-0.2, 0) is 0 Å². The summed E-state index contributed by atoms with van der Waals surface area (Å²) in [5.74, 6) is 0.629. The average Bonchev–Trinajstić information content (AvgIpc) is 3.24. The van der Waals surface area contributed by atoms with E-state index in [9.17, 15) is 5.26 Å². The maximum atomic E-state index is 9.24. The van der Waals surface area contributed by atoms with E-state index in [-0.39, 0.29) is 0 Å². The molecule has 0 spiro atoms. The maximum Gasteiger partial charge on any atom is 0.235 e. The first-order valence-electron chi connectivity index (χ1n) is 11.5. The molecule has 162 valence electrons. The Bertz CT molecular complexity index is 1960. The molecule has 0 aliphatic heterocycles. The molecule has 0 aliphatic rings. The molecule has 0 bridgehead atoms. The Morgan fingerprint density at radius 3 is 2.09 bits per heavy atom. The van der Waals surface area contributed by atoms with Crippen molar-refractivity contribution in [2.24, 2.45) is 0 Å². The molecule has 7 aromatic rings. The first-order valence-corrected chi connectivity index (χ1v) is 11.5. The zero-order valence-electron chi connectivity index (χ0n) is 18.7. The van der Waals surface area contributed by atoms with Crippen LogP contribution >= 0.6 is 0 Å². The molecule has 0 aliphatic carbocycles. The van der Waals surface area contributed by atoms with Gasteiger partial charge >= 0.3 is 0 Å². The summed E-state index contributed by atoms with van der Waals surface area (Å²) in [6.45, 7) is 0. The normalized spacial score (nSPS) is 11.4. The molecule has 0 saturated heterocycles. The summed E-state index contributed by atoms with van der Waals surface area (Å²) in [4.78, 5) is 10.1. The van der Waals surface area contributed by atoms with Crippen molar-refractivity contribution >= 4 is 43.5 Å². The number of nitriles is 1. The van der Waals surface area contributed by atoms with Gasteiger partial charge in [0.1, 0.15) is 0 Å². The van der Waals surface area contributed by atoms with Crippen LogP contribution < -0.4 is 0 Å². The highest BCUT2D eigenvalue weighted by Gasteiger charge is 2.17. The quantitative estimate of drug-likeness (QED) is 0.278. The van der Waals surface area contributed by atoms with Crippen molar-refractivity contribution in [1.82, 2.24) is 14.5 Å². The van der Waals surface area contributed by atoms with Crippen molar-refractivity contribution < 1.29 is 0 Å². The van der Waals surface area contributed by atoms with Gasteiger partial charge in [-0.25, -0.2) is 9.97 Å². The van der Waals surface area contributed by atoms with Crippen LogP contribution in [0.4, 0.5) is 0 Å². The third-order valence-corrected chi connectivity index (χ3v) is 6.62. The van der Waals surface area contributed by atoms with E-state index in [4.69, 9.17) is 9.97 Å². The summed E-state index contributed by atoms with van der Waals surface area (Å²) in [5.41, 5.74) is 5.45. The summed E-state index contributed by atoms with van der Waals surface area (Å²) in [6.07, 6.45) is 0. The van der Waals surface area contributed by atoms with Gasteiger partial charge in [-0.3, -0.25) is 4.57 Å². The van der Waals surface area contributed by atoms with Crippen molar-refractivity contribution in [3.63, 3.8) is 0 Å². The van der Waals surface area contributed by atoms with Gasteiger partial charge in [0.15, 0.2) is 0 Å². The number of nitrogens with zero attached hydrogens (tertiary/aromatic N) is 4. The van der Waals surface area contributed by atoms with Crippen LogP contribution in [0, 0.1) is 11.3 Å². The van der Waals surface area contributed by atoms with E-state index in [0.717, 1.165) is 33.2 Å². The van der Waals surface area contributed by atoms with Crippen LogP contribution in [0.3, 0.4) is 0 Å². The van der Waals surface area contributed by atoms with Crippen LogP contribution in [0.1, 0.15) is 5.56 Å². The second kappa shape index (κ2) is 7.51. The minimum atomic E-state index is 0.626. The molecule has 4 heteroatoms. The standard InChI is InChI=1S/C31H18N4/c32-19-20-13-15-21(16-14-20)30-25-10-3-5-11-27(25)33-31(34-30)35-28-12-6-4-9-24(28)26-17-22-7-1-2-8-23(22)18-29(26)35/h1-18H. The maximum absolute atomic E-state index is 9.24. The Hall–Kier alpha value is -5.01. The molecule has 0 unspecified atom stereocenters. The molecule has 4 nitrogen and oxygen atoms in total. The van der Waals surface area contributed by atoms with Gasteiger partial charge in [0.05, 0.1) is 33.9 Å². The minimum Gasteiger partial charge on any atom is -0.278 e. The molecule has 0 amide bonds. The second-order valence-electron chi connectivity index (χ2n) is 8.65. The Balaban J connectivity index is 1.59. The van der Waals surface area contributed by atoms with E-state index < -0.39 is 0 Å². The summed E-state index contributed by atoms with van der Waals surface area (Å²) in [7, 11) is 0. The second-order valence-corrected chi connectivity index (χ2v) is 8.65. The molecule has 35 heavy (non-hydrogen) atoms. The number of benzene rings is 5. The number of hydrogen-bond acceptors (Lipinski definition) is 3. The SMILES string of the molecule is N#Cc1ccc(-c2nc(-n3c4ccccc4c4cc5ccccc5cc43)nc3ccccc23)cc1. The highest BCUT2D eigenvalue weighted by atomic mass is 15.2. The summed E-state index contributed by atoms with van der Waals surface area (Å²) < 4.78 is 2.16. The number of rotatable bonds is 2. The molecule has 0 atom stereocenters. The minimum absolute atomic E-state index is 0.626. The Morgan fingerprint density at radius 1 is 0.600 bits per heavy atom. The molecule has 0 saturated carbocycles. The smallest absolute Gasteiger partial charge is 0.235 e. The monoisotopic (exact) mass is 446 g/mol. The van der Waals surface area contributed by atoms with E-state index >= 15 is 0 Å². The molecule has 0 radical (unpaired) electrons. The van der Waals surface area contributed by atoms with Crippen molar-refractivity contribution in [2.75, 3.05) is 0 Å². The summed E-state index contributed by atoms with van der Waals surface area (Å²) >= 11 is 0. The van der Waals surface area contributed by atoms with Gasteiger partial charge in [0, 0.05) is 21.7 Å². The predicted molar refractivity (Wildman–Crippen MR) is 142 cm³/mol. The van der Waals surface area contributed by atoms with Gasteiger partial charge in [-0.05, 0) is 47.2 Å². The van der Waals surface area contributed by atoms with Gasteiger partial charge in [0.25, 0.3) is 0 Å². The topological polar surface area (TPSA) is 54.5 Å². The first-order chi connectivity index (χ1) is 17.3. The van der Waals surface area contributed by atoms with Gasteiger partial charge in [-0.2, -0.15) is 5.26 Å². The summed E-state index contributed by atoms with van der Waals surface area (Å²) in [5, 5.41) is 15.0. The van der Waals surface area contributed by atoms with Gasteiger partial charge in [-0.15, -0.1) is 0 Å². The van der Waals surface area contributed by atoms with Crippen molar-refractivity contribution in [1.29, 1.82) is 5.26 Å². The third-order valence-electron chi connectivity index (χ3n) is 6.62. The fraction of sp³-hybridized carbons (Fsp3) is 0. The Labute approximate surface area is 201 Å². The van der Waals surface area contributed by atoms with E-state index in [1.165, 1.54) is 21.5 Å². The molecule has 5 aromatic carbocycles. The third kappa shape index (κ3) is 2.99. The lowest BCUT2D eigenvalue weighted by molar-refractivity contribution is 1.01. The Morgan fingerprint density at radius 2 is 1.29 bits per heavy atom. The molecule has 2 aromatic heterocycles. The van der Waals surface area contributed by atoms with Crippen molar-refractivity contribution in [3.8, 4) is 23.3 Å². The lowest BCUT2D eigenvalue weighted by Gasteiger charge is -2.12. The summed E-state index contributed by atoms with van der Waals surface area (Å²) in [6, 6.07) is 39.2. The van der Waals surface area contributed by atoms with E-state index in [1.54, 1.807) is 0 Å². The molecule has 2 heterocycles. The van der Waals surface area contributed by atoms with Gasteiger partial charge < -0.3 is 0 Å². The fourth-order valence-electron chi connectivity index (χ4n) is 4.96.